The van der Waals surface area contributed by atoms with E-state index in [4.69, 9.17) is 16.9 Å². The van der Waals surface area contributed by atoms with Gasteiger partial charge in [-0.1, -0.05) is 11.6 Å². The number of rotatable bonds is 2. The molecule has 0 saturated carbocycles. The summed E-state index contributed by atoms with van der Waals surface area (Å²) >= 11 is 5.77. The molecule has 2 rings (SSSR count). The van der Waals surface area contributed by atoms with E-state index in [0.717, 1.165) is 0 Å². The molecular weight excluding hydrogens is 254 g/mol. The van der Waals surface area contributed by atoms with Crippen molar-refractivity contribution in [3.05, 3.63) is 40.3 Å². The molecule has 2 N–H and O–H groups in total. The fourth-order valence-corrected chi connectivity index (χ4v) is 1.66. The van der Waals surface area contributed by atoms with Gasteiger partial charge in [-0.3, -0.25) is 9.89 Å². The van der Waals surface area contributed by atoms with E-state index in [1.54, 1.807) is 13.0 Å². The monoisotopic (exact) mass is 261 g/mol. The number of hydrogen-bond donors (Lipinski definition) is 2. The molecule has 0 spiro atoms. The van der Waals surface area contributed by atoms with Crippen LogP contribution in [0.2, 0.25) is 5.15 Å². The zero-order valence-electron chi connectivity index (χ0n) is 9.36. The summed E-state index contributed by atoms with van der Waals surface area (Å²) in [5.41, 5.74) is 1.27. The Morgan fingerprint density at radius 1 is 1.56 bits per heavy atom. The lowest BCUT2D eigenvalue weighted by molar-refractivity contribution is 0.102. The number of amides is 1. The van der Waals surface area contributed by atoms with E-state index in [-0.39, 0.29) is 22.4 Å². The second-order valence-corrected chi connectivity index (χ2v) is 3.93. The molecule has 0 aliphatic heterocycles. The molecule has 0 unspecified atom stereocenters. The predicted octanol–water partition coefficient (Wildman–Crippen LogP) is 1.89. The number of carbonyl (C=O) groups excluding carboxylic acids is 1. The molecule has 0 aromatic carbocycles. The van der Waals surface area contributed by atoms with Gasteiger partial charge in [-0.25, -0.2) is 4.98 Å². The van der Waals surface area contributed by atoms with Crippen LogP contribution in [0.15, 0.2) is 18.3 Å². The third kappa shape index (κ3) is 2.47. The van der Waals surface area contributed by atoms with Crippen molar-refractivity contribution >= 4 is 23.3 Å². The Balaban J connectivity index is 2.25. The minimum Gasteiger partial charge on any atom is -0.306 e. The number of carbonyl (C=O) groups is 1. The lowest BCUT2D eigenvalue weighted by Crippen LogP contribution is -2.13. The number of hydrogen-bond acceptors (Lipinski definition) is 4. The van der Waals surface area contributed by atoms with Crippen LogP contribution in [0, 0.1) is 18.3 Å². The van der Waals surface area contributed by atoms with Gasteiger partial charge in [0.25, 0.3) is 5.91 Å². The molecule has 6 nitrogen and oxygen atoms in total. The van der Waals surface area contributed by atoms with Crippen LogP contribution in [-0.2, 0) is 0 Å². The molecular formula is C11H8ClN5O. The Morgan fingerprint density at radius 3 is 3.00 bits per heavy atom. The smallest absolute Gasteiger partial charge is 0.257 e. The summed E-state index contributed by atoms with van der Waals surface area (Å²) in [4.78, 5) is 15.9. The number of aryl methyl sites for hydroxylation is 1. The molecule has 1 amide bonds. The Bertz CT molecular complexity index is 623. The molecule has 0 aliphatic rings. The van der Waals surface area contributed by atoms with Crippen molar-refractivity contribution in [1.82, 2.24) is 15.2 Å². The van der Waals surface area contributed by atoms with E-state index in [9.17, 15) is 4.79 Å². The summed E-state index contributed by atoms with van der Waals surface area (Å²) in [6, 6.07) is 4.96. The number of anilines is 1. The van der Waals surface area contributed by atoms with Crippen LogP contribution in [0.4, 0.5) is 5.82 Å². The molecule has 2 heterocycles. The SMILES string of the molecule is Cc1cc(C(=O)Nc2[nH]ncc2C#N)cc(Cl)n1. The summed E-state index contributed by atoms with van der Waals surface area (Å²) in [6.45, 7) is 1.74. The Hall–Kier alpha value is -2.39. The van der Waals surface area contributed by atoms with Crippen molar-refractivity contribution in [2.24, 2.45) is 0 Å². The maximum atomic E-state index is 11.9. The number of nitrogens with one attached hydrogen (secondary N) is 2. The van der Waals surface area contributed by atoms with E-state index in [2.05, 4.69) is 20.5 Å². The highest BCUT2D eigenvalue weighted by Gasteiger charge is 2.12. The van der Waals surface area contributed by atoms with Gasteiger partial charge in [-0.15, -0.1) is 0 Å². The van der Waals surface area contributed by atoms with E-state index in [1.807, 2.05) is 6.07 Å². The topological polar surface area (TPSA) is 94.5 Å². The first-order valence-corrected chi connectivity index (χ1v) is 5.37. The molecule has 0 fully saturated rings. The van der Waals surface area contributed by atoms with Crippen molar-refractivity contribution in [2.75, 3.05) is 5.32 Å². The van der Waals surface area contributed by atoms with Crippen molar-refractivity contribution in [3.63, 3.8) is 0 Å². The van der Waals surface area contributed by atoms with Crippen LogP contribution in [0.5, 0.6) is 0 Å². The molecule has 18 heavy (non-hydrogen) atoms. The Morgan fingerprint density at radius 2 is 2.33 bits per heavy atom. The summed E-state index contributed by atoms with van der Waals surface area (Å²) in [5, 5.41) is 17.8. The number of halogens is 1. The van der Waals surface area contributed by atoms with Gasteiger partial charge < -0.3 is 5.32 Å². The molecule has 0 bridgehead atoms. The molecule has 0 atom stereocenters. The zero-order chi connectivity index (χ0) is 13.1. The van der Waals surface area contributed by atoms with Crippen LogP contribution >= 0.6 is 11.6 Å². The van der Waals surface area contributed by atoms with Crippen molar-refractivity contribution in [1.29, 1.82) is 5.26 Å². The van der Waals surface area contributed by atoms with Gasteiger partial charge in [0.2, 0.25) is 0 Å². The zero-order valence-corrected chi connectivity index (χ0v) is 10.1. The molecule has 7 heteroatoms. The summed E-state index contributed by atoms with van der Waals surface area (Å²) in [6.07, 6.45) is 1.33. The number of H-pyrrole nitrogens is 1. The number of nitriles is 1. The minimum atomic E-state index is -0.386. The number of pyridine rings is 1. The number of nitrogens with zero attached hydrogens (tertiary/aromatic N) is 3. The second-order valence-electron chi connectivity index (χ2n) is 3.54. The van der Waals surface area contributed by atoms with E-state index in [0.29, 0.717) is 11.3 Å². The quantitative estimate of drug-likeness (QED) is 0.807. The van der Waals surface area contributed by atoms with Gasteiger partial charge in [-0.05, 0) is 19.1 Å². The van der Waals surface area contributed by atoms with Gasteiger partial charge in [0.1, 0.15) is 22.6 Å². The Labute approximate surface area is 108 Å². The van der Waals surface area contributed by atoms with Crippen molar-refractivity contribution in [3.8, 4) is 6.07 Å². The largest absolute Gasteiger partial charge is 0.306 e. The average Bonchev–Trinajstić information content (AvgIpc) is 2.75. The third-order valence-corrected chi connectivity index (χ3v) is 2.38. The van der Waals surface area contributed by atoms with Gasteiger partial charge in [-0.2, -0.15) is 10.4 Å². The van der Waals surface area contributed by atoms with Crippen LogP contribution in [0.1, 0.15) is 21.6 Å². The maximum Gasteiger partial charge on any atom is 0.257 e. The van der Waals surface area contributed by atoms with Crippen molar-refractivity contribution < 1.29 is 4.79 Å². The van der Waals surface area contributed by atoms with Gasteiger partial charge in [0, 0.05) is 11.3 Å². The summed E-state index contributed by atoms with van der Waals surface area (Å²) in [5.74, 6) is -0.128. The first kappa shape index (κ1) is 12.1. The first-order chi connectivity index (χ1) is 8.60. The molecule has 2 aromatic heterocycles. The van der Waals surface area contributed by atoms with Crippen LogP contribution in [0.3, 0.4) is 0 Å². The molecule has 90 valence electrons. The second kappa shape index (κ2) is 4.85. The predicted molar refractivity (Wildman–Crippen MR) is 65.2 cm³/mol. The molecule has 2 aromatic rings. The van der Waals surface area contributed by atoms with E-state index < -0.39 is 0 Å². The van der Waals surface area contributed by atoms with E-state index in [1.165, 1.54) is 12.3 Å². The van der Waals surface area contributed by atoms with Crippen LogP contribution in [0.25, 0.3) is 0 Å². The van der Waals surface area contributed by atoms with Crippen LogP contribution < -0.4 is 5.32 Å². The standard InChI is InChI=1S/C11H8ClN5O/c1-6-2-7(3-9(12)15-6)11(18)16-10-8(4-13)5-14-17-10/h2-3,5H,1H3,(H2,14,16,17,18). The highest BCUT2D eigenvalue weighted by atomic mass is 35.5. The third-order valence-electron chi connectivity index (χ3n) is 2.18. The number of aromatic nitrogens is 3. The normalized spacial score (nSPS) is 9.83. The lowest BCUT2D eigenvalue weighted by atomic mass is 10.2. The fraction of sp³-hybridized carbons (Fsp3) is 0.0909. The lowest BCUT2D eigenvalue weighted by Gasteiger charge is -2.04. The average molecular weight is 262 g/mol. The van der Waals surface area contributed by atoms with Gasteiger partial charge in [0.05, 0.1) is 6.20 Å². The fourth-order valence-electron chi connectivity index (χ4n) is 1.41. The van der Waals surface area contributed by atoms with Crippen LogP contribution in [-0.4, -0.2) is 21.1 Å². The molecule has 0 aliphatic carbocycles. The first-order valence-electron chi connectivity index (χ1n) is 4.99. The highest BCUT2D eigenvalue weighted by Crippen LogP contribution is 2.14. The maximum absolute atomic E-state index is 11.9. The molecule has 0 radical (unpaired) electrons. The van der Waals surface area contributed by atoms with E-state index >= 15 is 0 Å². The molecule has 0 saturated heterocycles. The van der Waals surface area contributed by atoms with Crippen molar-refractivity contribution in [2.45, 2.75) is 6.92 Å². The van der Waals surface area contributed by atoms with Gasteiger partial charge >= 0.3 is 0 Å². The van der Waals surface area contributed by atoms with Gasteiger partial charge in [0.15, 0.2) is 0 Å². The summed E-state index contributed by atoms with van der Waals surface area (Å²) in [7, 11) is 0. The summed E-state index contributed by atoms with van der Waals surface area (Å²) < 4.78 is 0. The minimum absolute atomic E-state index is 0.241. The number of aromatic amines is 1. The Kier molecular flexibility index (Phi) is 3.26. The highest BCUT2D eigenvalue weighted by molar-refractivity contribution is 6.29.